The normalized spacial score (nSPS) is 11.1. The van der Waals surface area contributed by atoms with Gasteiger partial charge in [-0.25, -0.2) is 4.98 Å². The molecule has 136 valence electrons. The Labute approximate surface area is 161 Å². The van der Waals surface area contributed by atoms with E-state index in [2.05, 4.69) is 71.7 Å². The number of hydrogen-bond donors (Lipinski definition) is 1. The molecule has 0 aliphatic heterocycles. The maximum absolute atomic E-state index is 4.74. The number of H-pyrrole nitrogens is 1. The van der Waals surface area contributed by atoms with Crippen molar-refractivity contribution in [3.05, 3.63) is 101 Å². The molecule has 1 heterocycles. The molecule has 0 amide bonds. The van der Waals surface area contributed by atoms with Crippen LogP contribution in [0.25, 0.3) is 11.0 Å². The Bertz CT molecular complexity index is 952. The lowest BCUT2D eigenvalue weighted by Gasteiger charge is -2.08. The molecule has 3 aromatic carbocycles. The second-order valence-electron chi connectivity index (χ2n) is 7.19. The van der Waals surface area contributed by atoms with Crippen molar-refractivity contribution in [3.8, 4) is 0 Å². The van der Waals surface area contributed by atoms with Gasteiger partial charge in [-0.1, -0.05) is 73.2 Å². The van der Waals surface area contributed by atoms with Gasteiger partial charge in [-0.2, -0.15) is 0 Å². The largest absolute Gasteiger partial charge is 0.342 e. The molecule has 0 radical (unpaired) electrons. The fourth-order valence-electron chi connectivity index (χ4n) is 3.71. The van der Waals surface area contributed by atoms with E-state index in [1.54, 1.807) is 0 Å². The second-order valence-corrected chi connectivity index (χ2v) is 7.19. The molecule has 4 aromatic rings. The lowest BCUT2D eigenvalue weighted by atomic mass is 9.98. The number of aromatic nitrogens is 2. The average Bonchev–Trinajstić information content (AvgIpc) is 3.12. The van der Waals surface area contributed by atoms with Gasteiger partial charge in [0.15, 0.2) is 0 Å². The van der Waals surface area contributed by atoms with Crippen molar-refractivity contribution in [2.24, 2.45) is 0 Å². The van der Waals surface area contributed by atoms with Gasteiger partial charge in [-0.3, -0.25) is 0 Å². The summed E-state index contributed by atoms with van der Waals surface area (Å²) in [7, 11) is 0. The van der Waals surface area contributed by atoms with E-state index in [0.29, 0.717) is 0 Å². The van der Waals surface area contributed by atoms with Crippen molar-refractivity contribution in [2.45, 2.75) is 38.5 Å². The lowest BCUT2D eigenvalue weighted by Crippen LogP contribution is -1.98. The number of nitrogens with zero attached hydrogens (tertiary/aromatic N) is 1. The standard InChI is InChI=1S/C25H26N2/c1-3-11-20(12-4-1)13-5-2-6-14-21-15-7-8-16-22(21)19-25-26-23-17-9-10-18-24(23)27-25/h1,3-4,7-12,15-18H,2,5-6,13-14,19H2,(H,26,27). The predicted molar refractivity (Wildman–Crippen MR) is 113 cm³/mol. The van der Waals surface area contributed by atoms with Crippen LogP contribution in [0.1, 0.15) is 41.8 Å². The Hall–Kier alpha value is -2.87. The number of rotatable bonds is 8. The van der Waals surface area contributed by atoms with E-state index in [4.69, 9.17) is 4.98 Å². The van der Waals surface area contributed by atoms with Crippen molar-refractivity contribution in [1.82, 2.24) is 9.97 Å². The summed E-state index contributed by atoms with van der Waals surface area (Å²) in [5.74, 6) is 1.05. The van der Waals surface area contributed by atoms with Gasteiger partial charge < -0.3 is 4.98 Å². The molecular formula is C25H26N2. The quantitative estimate of drug-likeness (QED) is 0.380. The van der Waals surface area contributed by atoms with Crippen LogP contribution in [0.4, 0.5) is 0 Å². The fraction of sp³-hybridized carbons (Fsp3) is 0.240. The predicted octanol–water partition coefficient (Wildman–Crippen LogP) is 6.11. The molecule has 0 saturated heterocycles. The zero-order valence-corrected chi connectivity index (χ0v) is 15.7. The van der Waals surface area contributed by atoms with Crippen LogP contribution in [-0.2, 0) is 19.3 Å². The van der Waals surface area contributed by atoms with E-state index >= 15 is 0 Å². The van der Waals surface area contributed by atoms with Crippen LogP contribution < -0.4 is 0 Å². The minimum absolute atomic E-state index is 0.870. The monoisotopic (exact) mass is 354 g/mol. The number of para-hydroxylation sites is 2. The molecule has 1 N–H and O–H groups in total. The molecule has 0 unspecified atom stereocenters. The molecule has 2 heteroatoms. The van der Waals surface area contributed by atoms with Gasteiger partial charge in [0, 0.05) is 6.42 Å². The zero-order chi connectivity index (χ0) is 18.3. The van der Waals surface area contributed by atoms with E-state index < -0.39 is 0 Å². The van der Waals surface area contributed by atoms with Crippen LogP contribution in [0.15, 0.2) is 78.9 Å². The van der Waals surface area contributed by atoms with E-state index in [0.717, 1.165) is 29.7 Å². The topological polar surface area (TPSA) is 28.7 Å². The zero-order valence-electron chi connectivity index (χ0n) is 15.7. The molecule has 0 bridgehead atoms. The van der Waals surface area contributed by atoms with Gasteiger partial charge in [0.05, 0.1) is 11.0 Å². The van der Waals surface area contributed by atoms with E-state index in [9.17, 15) is 0 Å². The SMILES string of the molecule is c1ccc(CCCCCc2ccccc2Cc2nc3ccccc3[nH]2)cc1. The summed E-state index contributed by atoms with van der Waals surface area (Å²) in [5, 5.41) is 0. The van der Waals surface area contributed by atoms with Crippen molar-refractivity contribution >= 4 is 11.0 Å². The van der Waals surface area contributed by atoms with Gasteiger partial charge in [0.1, 0.15) is 5.82 Å². The molecule has 4 rings (SSSR count). The number of benzene rings is 3. The Morgan fingerprint density at radius 2 is 1.33 bits per heavy atom. The first-order valence-electron chi connectivity index (χ1n) is 9.93. The fourth-order valence-corrected chi connectivity index (χ4v) is 3.71. The Balaban J connectivity index is 1.33. The summed E-state index contributed by atoms with van der Waals surface area (Å²) in [6.07, 6.45) is 6.97. The molecule has 2 nitrogen and oxygen atoms in total. The van der Waals surface area contributed by atoms with Crippen LogP contribution in [0.5, 0.6) is 0 Å². The molecule has 1 aromatic heterocycles. The molecule has 0 fully saturated rings. The van der Waals surface area contributed by atoms with Crippen LogP contribution >= 0.6 is 0 Å². The lowest BCUT2D eigenvalue weighted by molar-refractivity contribution is 0.676. The molecular weight excluding hydrogens is 328 g/mol. The smallest absolute Gasteiger partial charge is 0.111 e. The highest BCUT2D eigenvalue weighted by Crippen LogP contribution is 2.18. The van der Waals surface area contributed by atoms with Gasteiger partial charge in [-0.05, 0) is 54.5 Å². The van der Waals surface area contributed by atoms with Gasteiger partial charge in [0.25, 0.3) is 0 Å². The van der Waals surface area contributed by atoms with E-state index in [-0.39, 0.29) is 0 Å². The number of hydrogen-bond acceptors (Lipinski definition) is 1. The third-order valence-corrected chi connectivity index (χ3v) is 5.17. The van der Waals surface area contributed by atoms with Gasteiger partial charge >= 0.3 is 0 Å². The number of aromatic amines is 1. The summed E-state index contributed by atoms with van der Waals surface area (Å²) in [5.41, 5.74) is 6.46. The van der Waals surface area contributed by atoms with Crippen molar-refractivity contribution < 1.29 is 0 Å². The number of fused-ring (bicyclic) bond motifs is 1. The van der Waals surface area contributed by atoms with Crippen LogP contribution in [-0.4, -0.2) is 9.97 Å². The van der Waals surface area contributed by atoms with Crippen LogP contribution in [0, 0.1) is 0 Å². The highest BCUT2D eigenvalue weighted by molar-refractivity contribution is 5.74. The highest BCUT2D eigenvalue weighted by Gasteiger charge is 2.07. The van der Waals surface area contributed by atoms with Crippen molar-refractivity contribution in [1.29, 1.82) is 0 Å². The van der Waals surface area contributed by atoms with Gasteiger partial charge in [0.2, 0.25) is 0 Å². The summed E-state index contributed by atoms with van der Waals surface area (Å²) >= 11 is 0. The maximum atomic E-state index is 4.74. The van der Waals surface area contributed by atoms with E-state index in [1.165, 1.54) is 42.4 Å². The van der Waals surface area contributed by atoms with E-state index in [1.807, 2.05) is 12.1 Å². The molecule has 0 aliphatic rings. The molecule has 0 saturated carbocycles. The number of imidazole rings is 1. The minimum atomic E-state index is 0.870. The third-order valence-electron chi connectivity index (χ3n) is 5.17. The second kappa shape index (κ2) is 8.68. The molecule has 0 aliphatic carbocycles. The summed E-state index contributed by atoms with van der Waals surface area (Å²) in [6.45, 7) is 0. The highest BCUT2D eigenvalue weighted by atomic mass is 14.9. The summed E-state index contributed by atoms with van der Waals surface area (Å²) in [4.78, 5) is 8.19. The Kier molecular flexibility index (Phi) is 5.64. The van der Waals surface area contributed by atoms with Crippen LogP contribution in [0.3, 0.4) is 0 Å². The molecule has 0 atom stereocenters. The summed E-state index contributed by atoms with van der Waals surface area (Å²) < 4.78 is 0. The first-order chi connectivity index (χ1) is 13.4. The first kappa shape index (κ1) is 17.5. The summed E-state index contributed by atoms with van der Waals surface area (Å²) in [6, 6.07) is 27.8. The Morgan fingerprint density at radius 1 is 0.630 bits per heavy atom. The maximum Gasteiger partial charge on any atom is 0.111 e. The number of aryl methyl sites for hydroxylation is 2. The molecule has 0 spiro atoms. The van der Waals surface area contributed by atoms with Gasteiger partial charge in [-0.15, -0.1) is 0 Å². The first-order valence-corrected chi connectivity index (χ1v) is 9.93. The van der Waals surface area contributed by atoms with Crippen molar-refractivity contribution in [3.63, 3.8) is 0 Å². The Morgan fingerprint density at radius 3 is 2.19 bits per heavy atom. The minimum Gasteiger partial charge on any atom is -0.342 e. The third kappa shape index (κ3) is 4.65. The number of unbranched alkanes of at least 4 members (excludes halogenated alkanes) is 2. The number of nitrogens with one attached hydrogen (secondary N) is 1. The molecule has 27 heavy (non-hydrogen) atoms. The van der Waals surface area contributed by atoms with Crippen molar-refractivity contribution in [2.75, 3.05) is 0 Å². The van der Waals surface area contributed by atoms with Crippen LogP contribution in [0.2, 0.25) is 0 Å². The average molecular weight is 354 g/mol.